The molecule has 0 spiro atoms. The molecular formula is C14H27N3O4. The van der Waals surface area contributed by atoms with Crippen LogP contribution in [0.1, 0.15) is 40.0 Å². The molecule has 0 aromatic heterocycles. The van der Waals surface area contributed by atoms with E-state index in [0.29, 0.717) is 18.9 Å². The number of hydrogen-bond donors (Lipinski definition) is 4. The van der Waals surface area contributed by atoms with Gasteiger partial charge in [0.15, 0.2) is 0 Å². The summed E-state index contributed by atoms with van der Waals surface area (Å²) in [6.07, 6.45) is 5.82. The SMILES string of the molecule is CC(=O)NCCC/C=C/NC(=O)[C@H](N)CC(C)C.O=CO. The molecule has 122 valence electrons. The summed E-state index contributed by atoms with van der Waals surface area (Å²) in [5.41, 5.74) is 5.72. The van der Waals surface area contributed by atoms with Crippen molar-refractivity contribution in [2.45, 2.75) is 46.1 Å². The summed E-state index contributed by atoms with van der Waals surface area (Å²) < 4.78 is 0. The Morgan fingerprint density at radius 2 is 1.90 bits per heavy atom. The van der Waals surface area contributed by atoms with Crippen molar-refractivity contribution >= 4 is 18.3 Å². The predicted octanol–water partition coefficient (Wildman–Crippen LogP) is 0.607. The molecule has 7 heteroatoms. The lowest BCUT2D eigenvalue weighted by atomic mass is 10.0. The maximum atomic E-state index is 11.5. The smallest absolute Gasteiger partial charge is 0.290 e. The van der Waals surface area contributed by atoms with Crippen molar-refractivity contribution in [1.82, 2.24) is 10.6 Å². The van der Waals surface area contributed by atoms with Crippen LogP contribution in [0.3, 0.4) is 0 Å². The van der Waals surface area contributed by atoms with E-state index in [4.69, 9.17) is 15.6 Å². The molecule has 7 nitrogen and oxygen atoms in total. The summed E-state index contributed by atoms with van der Waals surface area (Å²) in [7, 11) is 0. The van der Waals surface area contributed by atoms with Crippen LogP contribution in [0.2, 0.25) is 0 Å². The van der Waals surface area contributed by atoms with Gasteiger partial charge >= 0.3 is 0 Å². The standard InChI is InChI=1S/C13H25N3O2.CH2O2/c1-10(2)9-12(14)13(18)16-8-6-4-5-7-15-11(3)17;2-1-3/h6,8,10,12H,4-5,7,9,14H2,1-3H3,(H,15,17)(H,16,18);1H,(H,2,3)/b8-6+;/t12-;/m1./s1. The lowest BCUT2D eigenvalue weighted by Crippen LogP contribution is -2.39. The van der Waals surface area contributed by atoms with E-state index >= 15 is 0 Å². The normalized spacial score (nSPS) is 11.5. The molecule has 0 aliphatic heterocycles. The lowest BCUT2D eigenvalue weighted by molar-refractivity contribution is -0.123. The summed E-state index contributed by atoms with van der Waals surface area (Å²) in [6, 6.07) is -0.450. The summed E-state index contributed by atoms with van der Waals surface area (Å²) in [4.78, 5) is 30.5. The molecule has 21 heavy (non-hydrogen) atoms. The monoisotopic (exact) mass is 301 g/mol. The first-order valence-electron chi connectivity index (χ1n) is 6.88. The van der Waals surface area contributed by atoms with E-state index in [1.54, 1.807) is 6.20 Å². The minimum Gasteiger partial charge on any atom is -0.483 e. The van der Waals surface area contributed by atoms with Crippen molar-refractivity contribution in [3.8, 4) is 0 Å². The number of amides is 2. The van der Waals surface area contributed by atoms with Gasteiger partial charge in [0.2, 0.25) is 11.8 Å². The maximum absolute atomic E-state index is 11.5. The lowest BCUT2D eigenvalue weighted by Gasteiger charge is -2.12. The fraction of sp³-hybridized carbons (Fsp3) is 0.643. The van der Waals surface area contributed by atoms with Crippen LogP contribution in [0.5, 0.6) is 0 Å². The average Bonchev–Trinajstić information content (AvgIpc) is 2.37. The molecule has 0 fully saturated rings. The number of unbranched alkanes of at least 4 members (excludes halogenated alkanes) is 1. The van der Waals surface area contributed by atoms with Crippen LogP contribution in [-0.2, 0) is 14.4 Å². The highest BCUT2D eigenvalue weighted by atomic mass is 16.3. The van der Waals surface area contributed by atoms with E-state index in [2.05, 4.69) is 10.6 Å². The number of nitrogens with two attached hydrogens (primary N) is 1. The summed E-state index contributed by atoms with van der Waals surface area (Å²) in [5, 5.41) is 12.2. The van der Waals surface area contributed by atoms with Crippen molar-refractivity contribution in [1.29, 1.82) is 0 Å². The molecule has 0 radical (unpaired) electrons. The molecule has 0 heterocycles. The number of carbonyl (C=O) groups is 3. The summed E-state index contributed by atoms with van der Waals surface area (Å²) >= 11 is 0. The maximum Gasteiger partial charge on any atom is 0.290 e. The highest BCUT2D eigenvalue weighted by Gasteiger charge is 2.12. The van der Waals surface area contributed by atoms with Crippen molar-refractivity contribution in [2.24, 2.45) is 11.7 Å². The number of rotatable bonds is 8. The number of nitrogens with one attached hydrogen (secondary N) is 2. The van der Waals surface area contributed by atoms with Gasteiger partial charge in [0.25, 0.3) is 6.47 Å². The van der Waals surface area contributed by atoms with E-state index < -0.39 is 6.04 Å². The van der Waals surface area contributed by atoms with Crippen molar-refractivity contribution in [3.63, 3.8) is 0 Å². The van der Waals surface area contributed by atoms with Crippen LogP contribution in [-0.4, -0.2) is 36.0 Å². The molecule has 0 aromatic rings. The van der Waals surface area contributed by atoms with Gasteiger partial charge in [-0.05, 0) is 31.4 Å². The van der Waals surface area contributed by atoms with Crippen LogP contribution < -0.4 is 16.4 Å². The highest BCUT2D eigenvalue weighted by molar-refractivity contribution is 5.82. The molecule has 0 saturated heterocycles. The summed E-state index contributed by atoms with van der Waals surface area (Å²) in [5.74, 6) is 0.237. The van der Waals surface area contributed by atoms with Crippen molar-refractivity contribution in [3.05, 3.63) is 12.3 Å². The fourth-order valence-corrected chi connectivity index (χ4v) is 1.43. The van der Waals surface area contributed by atoms with E-state index in [9.17, 15) is 9.59 Å². The van der Waals surface area contributed by atoms with Gasteiger partial charge in [0.05, 0.1) is 6.04 Å². The first-order valence-corrected chi connectivity index (χ1v) is 6.88. The Hall–Kier alpha value is -1.89. The molecule has 0 aromatic carbocycles. The molecule has 0 aliphatic carbocycles. The Labute approximate surface area is 126 Å². The van der Waals surface area contributed by atoms with Crippen LogP contribution >= 0.6 is 0 Å². The van der Waals surface area contributed by atoms with Gasteiger partial charge in [-0.25, -0.2) is 0 Å². The fourth-order valence-electron chi connectivity index (χ4n) is 1.43. The Morgan fingerprint density at radius 3 is 2.38 bits per heavy atom. The van der Waals surface area contributed by atoms with Crippen LogP contribution in [0.15, 0.2) is 12.3 Å². The van der Waals surface area contributed by atoms with Crippen molar-refractivity contribution in [2.75, 3.05) is 6.54 Å². The molecule has 2 amide bonds. The Kier molecular flexibility index (Phi) is 14.8. The van der Waals surface area contributed by atoms with Crippen LogP contribution in [0.25, 0.3) is 0 Å². The molecule has 0 unspecified atom stereocenters. The summed E-state index contributed by atoms with van der Waals surface area (Å²) in [6.45, 7) is 5.96. The average molecular weight is 301 g/mol. The third-order valence-corrected chi connectivity index (χ3v) is 2.33. The molecule has 1 atom stereocenters. The minimum atomic E-state index is -0.450. The Bertz CT molecular complexity index is 330. The van der Waals surface area contributed by atoms with Gasteiger partial charge in [-0.1, -0.05) is 19.9 Å². The zero-order valence-electron chi connectivity index (χ0n) is 13.0. The highest BCUT2D eigenvalue weighted by Crippen LogP contribution is 2.02. The molecule has 0 aliphatic rings. The topological polar surface area (TPSA) is 122 Å². The molecule has 0 bridgehead atoms. The van der Waals surface area contributed by atoms with Gasteiger partial charge < -0.3 is 21.5 Å². The molecular weight excluding hydrogens is 274 g/mol. The first kappa shape index (κ1) is 21.4. The van der Waals surface area contributed by atoms with Gasteiger partial charge in [0, 0.05) is 13.5 Å². The quantitative estimate of drug-likeness (QED) is 0.386. The number of carbonyl (C=O) groups excluding carboxylic acids is 2. The third-order valence-electron chi connectivity index (χ3n) is 2.33. The van der Waals surface area contributed by atoms with Crippen LogP contribution in [0, 0.1) is 5.92 Å². The second-order valence-corrected chi connectivity index (χ2v) is 4.88. The van der Waals surface area contributed by atoms with Gasteiger partial charge in [-0.3, -0.25) is 14.4 Å². The third kappa shape index (κ3) is 18.1. The molecule has 0 saturated carbocycles. The zero-order chi connectivity index (χ0) is 16.7. The van der Waals surface area contributed by atoms with Gasteiger partial charge in [-0.15, -0.1) is 0 Å². The second kappa shape index (κ2) is 14.5. The van der Waals surface area contributed by atoms with Crippen LogP contribution in [0.4, 0.5) is 0 Å². The van der Waals surface area contributed by atoms with E-state index in [1.807, 2.05) is 19.9 Å². The Morgan fingerprint density at radius 1 is 1.33 bits per heavy atom. The second-order valence-electron chi connectivity index (χ2n) is 4.88. The largest absolute Gasteiger partial charge is 0.483 e. The number of allylic oxidation sites excluding steroid dienone is 1. The first-order chi connectivity index (χ1) is 9.84. The van der Waals surface area contributed by atoms with E-state index in [1.165, 1.54) is 6.92 Å². The van der Waals surface area contributed by atoms with E-state index in [-0.39, 0.29) is 18.3 Å². The number of hydrogen-bond acceptors (Lipinski definition) is 4. The molecule has 5 N–H and O–H groups in total. The minimum absolute atomic E-state index is 0.0214. The Balaban J connectivity index is 0. The van der Waals surface area contributed by atoms with E-state index in [0.717, 1.165) is 12.8 Å². The predicted molar refractivity (Wildman–Crippen MR) is 81.3 cm³/mol. The van der Waals surface area contributed by atoms with Crippen molar-refractivity contribution < 1.29 is 19.5 Å². The van der Waals surface area contributed by atoms with Gasteiger partial charge in [0.1, 0.15) is 0 Å². The van der Waals surface area contributed by atoms with Gasteiger partial charge in [-0.2, -0.15) is 0 Å². The zero-order valence-corrected chi connectivity index (χ0v) is 13.0. The number of carboxylic acid groups (broad SMARTS) is 1. The molecule has 0 rings (SSSR count).